The van der Waals surface area contributed by atoms with Crippen LogP contribution in [0.25, 0.3) is 0 Å². The Hall–Kier alpha value is -3.18. The summed E-state index contributed by atoms with van der Waals surface area (Å²) in [5.41, 5.74) is 0. The number of esters is 2. The molecule has 0 unspecified atom stereocenters. The third kappa shape index (κ3) is 5.25. The molecule has 2 aromatic rings. The van der Waals surface area contributed by atoms with E-state index in [0.717, 1.165) is 6.56 Å². The topological polar surface area (TPSA) is 71.1 Å². The molecule has 2 aliphatic carbocycles. The van der Waals surface area contributed by atoms with Gasteiger partial charge < -0.3 is 0 Å². The first-order valence-electron chi connectivity index (χ1n) is 10.6. The number of hydrogen-bond donors (Lipinski definition) is 0. The van der Waals surface area contributed by atoms with Crippen LogP contribution in [0.1, 0.15) is 26.7 Å². The Labute approximate surface area is 198 Å². The van der Waals surface area contributed by atoms with Gasteiger partial charge in [0, 0.05) is 0 Å². The first-order valence-corrected chi connectivity index (χ1v) is 15.1. The Balaban J connectivity index is 1.83. The van der Waals surface area contributed by atoms with Crippen molar-refractivity contribution in [2.24, 2.45) is 0 Å². The van der Waals surface area contributed by atoms with Crippen LogP contribution in [-0.2, 0) is 30.7 Å². The normalized spacial score (nSPS) is 14.5. The Morgan fingerprint density at radius 3 is 1.39 bits per heavy atom. The molecule has 0 saturated carbocycles. The summed E-state index contributed by atoms with van der Waals surface area (Å²) in [4.78, 5) is 23.4. The van der Waals surface area contributed by atoms with E-state index in [1.165, 1.54) is 13.8 Å². The fourth-order valence-electron chi connectivity index (χ4n) is 3.73. The minimum atomic E-state index is -4.39. The van der Waals surface area contributed by atoms with Gasteiger partial charge in [-0.05, 0) is 0 Å². The van der Waals surface area contributed by atoms with Crippen LogP contribution < -0.4 is 15.1 Å². The monoisotopic (exact) mass is 522 g/mol. The van der Waals surface area contributed by atoms with Crippen molar-refractivity contribution in [1.82, 2.24) is 0 Å². The summed E-state index contributed by atoms with van der Waals surface area (Å²) < 4.78 is 26.6. The SMILES string of the molecule is CC(=O)Oc1ccccc1[O][Zr]([O]c1ccccc1OC(C)=O)([C]1=CC=CC1)[C]1=CC=CC1. The van der Waals surface area contributed by atoms with Gasteiger partial charge in [-0.2, -0.15) is 0 Å². The van der Waals surface area contributed by atoms with Gasteiger partial charge in [-0.3, -0.25) is 0 Å². The van der Waals surface area contributed by atoms with Gasteiger partial charge in [0.1, 0.15) is 0 Å². The van der Waals surface area contributed by atoms with Gasteiger partial charge in [0.15, 0.2) is 0 Å². The van der Waals surface area contributed by atoms with Gasteiger partial charge in [0.2, 0.25) is 0 Å². The Morgan fingerprint density at radius 2 is 1.06 bits per heavy atom. The second-order valence-corrected chi connectivity index (χ2v) is 14.7. The van der Waals surface area contributed by atoms with E-state index in [4.69, 9.17) is 15.1 Å². The molecule has 2 aromatic carbocycles. The van der Waals surface area contributed by atoms with Crippen molar-refractivity contribution in [3.05, 3.63) is 91.5 Å². The molecular formula is C26H24O6Zr. The second kappa shape index (κ2) is 10.2. The summed E-state index contributed by atoms with van der Waals surface area (Å²) >= 11 is -4.39. The van der Waals surface area contributed by atoms with Crippen molar-refractivity contribution in [3.63, 3.8) is 0 Å². The Kier molecular flexibility index (Phi) is 7.09. The summed E-state index contributed by atoms with van der Waals surface area (Å²) in [7, 11) is 0. The molecule has 2 aliphatic rings. The van der Waals surface area contributed by atoms with Crippen molar-refractivity contribution in [2.45, 2.75) is 26.7 Å². The second-order valence-electron chi connectivity index (χ2n) is 7.55. The summed E-state index contributed by atoms with van der Waals surface area (Å²) in [5, 5.41) is 0. The van der Waals surface area contributed by atoms with Crippen molar-refractivity contribution >= 4 is 11.9 Å². The van der Waals surface area contributed by atoms with E-state index in [1.54, 1.807) is 36.4 Å². The molecule has 33 heavy (non-hydrogen) atoms. The zero-order chi connectivity index (χ0) is 23.3. The summed E-state index contributed by atoms with van der Waals surface area (Å²) in [6.45, 7) is 2.71. The first kappa shape index (κ1) is 23.0. The summed E-state index contributed by atoms with van der Waals surface area (Å²) in [6, 6.07) is 14.2. The van der Waals surface area contributed by atoms with Crippen LogP contribution in [0.3, 0.4) is 0 Å². The van der Waals surface area contributed by atoms with Gasteiger partial charge in [-0.15, -0.1) is 0 Å². The van der Waals surface area contributed by atoms with Gasteiger partial charge >= 0.3 is 199 Å². The molecule has 6 nitrogen and oxygen atoms in total. The maximum absolute atomic E-state index is 11.7. The van der Waals surface area contributed by atoms with E-state index >= 15 is 0 Å². The average molecular weight is 524 g/mol. The Morgan fingerprint density at radius 1 is 0.667 bits per heavy atom. The van der Waals surface area contributed by atoms with Crippen LogP contribution in [0, 0.1) is 0 Å². The quantitative estimate of drug-likeness (QED) is 0.328. The zero-order valence-electron chi connectivity index (χ0n) is 18.4. The van der Waals surface area contributed by atoms with Crippen LogP contribution >= 0.6 is 0 Å². The van der Waals surface area contributed by atoms with Crippen LogP contribution in [0.15, 0.2) is 91.5 Å². The first-order chi connectivity index (χ1) is 16.0. The van der Waals surface area contributed by atoms with Gasteiger partial charge in [-0.25, -0.2) is 0 Å². The van der Waals surface area contributed by atoms with Crippen LogP contribution in [-0.4, -0.2) is 11.9 Å². The van der Waals surface area contributed by atoms with Crippen LogP contribution in [0.2, 0.25) is 0 Å². The average Bonchev–Trinajstić information content (AvgIpc) is 3.50. The van der Waals surface area contributed by atoms with Gasteiger partial charge in [0.05, 0.1) is 0 Å². The van der Waals surface area contributed by atoms with Crippen LogP contribution in [0.5, 0.6) is 23.0 Å². The molecule has 0 aliphatic heterocycles. The number of carbonyl (C=O) groups excluding carboxylic acids is 2. The van der Waals surface area contributed by atoms with Crippen molar-refractivity contribution in [2.75, 3.05) is 0 Å². The molecule has 0 atom stereocenters. The minimum absolute atomic E-state index is 0.334. The molecule has 0 heterocycles. The standard InChI is InChI=1S/2C8H8O3.2C5H5.Zr/c2*1-6(9)11-8-5-3-2-4-7(8)10;2*1-2-4-5-3-1;/h2*2-5,10H,1H3;2*1-3H,4H2;/q;;;;+2/p-2. The van der Waals surface area contributed by atoms with Crippen LogP contribution in [0.4, 0.5) is 0 Å². The molecule has 0 fully saturated rings. The van der Waals surface area contributed by atoms with E-state index < -0.39 is 33.1 Å². The number of para-hydroxylation sites is 4. The zero-order valence-corrected chi connectivity index (χ0v) is 20.9. The summed E-state index contributed by atoms with van der Waals surface area (Å²) in [6.07, 6.45) is 13.6. The number of rotatable bonds is 8. The Bertz CT molecular complexity index is 1100. The fourth-order valence-corrected chi connectivity index (χ4v) is 11.9. The number of ether oxygens (including phenoxy) is 2. The van der Waals surface area contributed by atoms with E-state index in [-0.39, 0.29) is 0 Å². The number of benzene rings is 2. The number of carbonyl (C=O) groups is 2. The molecule has 0 radical (unpaired) electrons. The molecule has 0 N–H and O–H groups in total. The third-order valence-electron chi connectivity index (χ3n) is 5.10. The van der Waals surface area contributed by atoms with E-state index in [0.29, 0.717) is 35.8 Å². The van der Waals surface area contributed by atoms with E-state index in [2.05, 4.69) is 12.2 Å². The predicted molar refractivity (Wildman–Crippen MR) is 120 cm³/mol. The molecule has 0 bridgehead atoms. The molecule has 168 valence electrons. The summed E-state index contributed by atoms with van der Waals surface area (Å²) in [5.74, 6) is 0.679. The molecule has 0 spiro atoms. The molecule has 0 amide bonds. The van der Waals surface area contributed by atoms with Crippen molar-refractivity contribution < 1.29 is 45.8 Å². The fraction of sp³-hybridized carbons (Fsp3) is 0.154. The van der Waals surface area contributed by atoms with Crippen molar-refractivity contribution in [3.8, 4) is 23.0 Å². The molecule has 0 aromatic heterocycles. The number of allylic oxidation sites excluding steroid dienone is 8. The third-order valence-corrected chi connectivity index (χ3v) is 13.6. The predicted octanol–water partition coefficient (Wildman–Crippen LogP) is 5.67. The van der Waals surface area contributed by atoms with Crippen molar-refractivity contribution in [1.29, 1.82) is 0 Å². The van der Waals surface area contributed by atoms with Gasteiger partial charge in [0.25, 0.3) is 0 Å². The van der Waals surface area contributed by atoms with E-state index in [1.807, 2.05) is 36.4 Å². The van der Waals surface area contributed by atoms with E-state index in [9.17, 15) is 9.59 Å². The molecule has 0 saturated heterocycles. The molecular weight excluding hydrogens is 500 g/mol. The number of hydrogen-bond acceptors (Lipinski definition) is 6. The van der Waals surface area contributed by atoms with Gasteiger partial charge in [-0.1, -0.05) is 0 Å². The molecule has 7 heteroatoms. The molecule has 4 rings (SSSR count). The maximum atomic E-state index is 11.7.